The summed E-state index contributed by atoms with van der Waals surface area (Å²) in [6, 6.07) is 12.2. The molecule has 7 nitrogen and oxygen atoms in total. The van der Waals surface area contributed by atoms with Gasteiger partial charge < -0.3 is 18.9 Å². The fourth-order valence-corrected chi connectivity index (χ4v) is 3.38. The van der Waals surface area contributed by atoms with Crippen LogP contribution in [0.5, 0.6) is 17.2 Å². The van der Waals surface area contributed by atoms with Gasteiger partial charge in [0.25, 0.3) is 0 Å². The smallest absolute Gasteiger partial charge is 0.196 e. The van der Waals surface area contributed by atoms with Crippen LogP contribution in [0.3, 0.4) is 0 Å². The van der Waals surface area contributed by atoms with Gasteiger partial charge in [0, 0.05) is 24.7 Å². The average Bonchev–Trinajstić information content (AvgIpc) is 2.81. The SMILES string of the molecule is COc1ccc(C(=O)C(OCON2CCCCC2)c2cc(OC)cc(OC)c2)cc1. The number of ketones is 1. The Hall–Kier alpha value is -2.61. The summed E-state index contributed by atoms with van der Waals surface area (Å²) in [4.78, 5) is 19.1. The minimum atomic E-state index is -0.868. The van der Waals surface area contributed by atoms with E-state index in [1.54, 1.807) is 63.8 Å². The fourth-order valence-electron chi connectivity index (χ4n) is 3.38. The van der Waals surface area contributed by atoms with Crippen LogP contribution in [-0.4, -0.2) is 52.1 Å². The lowest BCUT2D eigenvalue weighted by molar-refractivity contribution is -0.237. The molecular formula is C23H29NO6. The van der Waals surface area contributed by atoms with Crippen LogP contribution in [-0.2, 0) is 9.57 Å². The molecule has 0 radical (unpaired) electrons. The highest BCUT2D eigenvalue weighted by atomic mass is 16.8. The van der Waals surface area contributed by atoms with Gasteiger partial charge in [0.1, 0.15) is 23.4 Å². The monoisotopic (exact) mass is 415 g/mol. The number of rotatable bonds is 10. The number of hydrogen-bond donors (Lipinski definition) is 0. The molecule has 1 fully saturated rings. The number of carbonyl (C=O) groups is 1. The first-order valence-electron chi connectivity index (χ1n) is 10.1. The Kier molecular flexibility index (Phi) is 8.07. The molecule has 0 aromatic heterocycles. The Morgan fingerprint density at radius 3 is 2.03 bits per heavy atom. The van der Waals surface area contributed by atoms with Crippen molar-refractivity contribution >= 4 is 5.78 Å². The van der Waals surface area contributed by atoms with Crippen LogP contribution in [0.4, 0.5) is 0 Å². The molecule has 1 aliphatic heterocycles. The summed E-state index contributed by atoms with van der Waals surface area (Å²) in [5.41, 5.74) is 1.15. The van der Waals surface area contributed by atoms with E-state index >= 15 is 0 Å². The second-order valence-corrected chi connectivity index (χ2v) is 7.02. The van der Waals surface area contributed by atoms with E-state index in [1.165, 1.54) is 6.42 Å². The molecule has 1 aliphatic rings. The minimum absolute atomic E-state index is 0.0217. The zero-order valence-corrected chi connectivity index (χ0v) is 17.8. The van der Waals surface area contributed by atoms with Crippen LogP contribution < -0.4 is 14.2 Å². The molecule has 0 amide bonds. The molecule has 1 heterocycles. The Bertz CT molecular complexity index is 795. The number of carbonyl (C=O) groups excluding carboxylic acids is 1. The van der Waals surface area contributed by atoms with Crippen molar-refractivity contribution in [2.24, 2.45) is 0 Å². The van der Waals surface area contributed by atoms with E-state index in [9.17, 15) is 4.79 Å². The van der Waals surface area contributed by atoms with Crippen LogP contribution in [0.25, 0.3) is 0 Å². The molecule has 30 heavy (non-hydrogen) atoms. The molecule has 1 unspecified atom stereocenters. The topological polar surface area (TPSA) is 66.5 Å². The molecule has 2 aromatic carbocycles. The van der Waals surface area contributed by atoms with Crippen LogP contribution in [0.1, 0.15) is 41.3 Å². The molecule has 162 valence electrons. The fraction of sp³-hybridized carbons (Fsp3) is 0.435. The molecule has 1 atom stereocenters. The lowest BCUT2D eigenvalue weighted by Crippen LogP contribution is -2.31. The summed E-state index contributed by atoms with van der Waals surface area (Å²) < 4.78 is 21.9. The van der Waals surface area contributed by atoms with Gasteiger partial charge in [-0.15, -0.1) is 0 Å². The highest BCUT2D eigenvalue weighted by Crippen LogP contribution is 2.31. The summed E-state index contributed by atoms with van der Waals surface area (Å²) in [6.45, 7) is 1.72. The van der Waals surface area contributed by atoms with Crippen LogP contribution in [0, 0.1) is 0 Å². The predicted octanol–water partition coefficient (Wildman–Crippen LogP) is 4.03. The molecule has 0 saturated carbocycles. The van der Waals surface area contributed by atoms with Crippen molar-refractivity contribution in [3.05, 3.63) is 53.6 Å². The van der Waals surface area contributed by atoms with Gasteiger partial charge in [0.2, 0.25) is 0 Å². The van der Waals surface area contributed by atoms with E-state index in [0.717, 1.165) is 25.9 Å². The summed E-state index contributed by atoms with van der Waals surface area (Å²) >= 11 is 0. The van der Waals surface area contributed by atoms with Gasteiger partial charge in [0.15, 0.2) is 12.6 Å². The molecule has 0 spiro atoms. The van der Waals surface area contributed by atoms with Crippen molar-refractivity contribution in [3.63, 3.8) is 0 Å². The van der Waals surface area contributed by atoms with Crippen molar-refractivity contribution in [3.8, 4) is 17.2 Å². The van der Waals surface area contributed by atoms with E-state index in [-0.39, 0.29) is 12.6 Å². The number of piperidine rings is 1. The van der Waals surface area contributed by atoms with E-state index in [0.29, 0.717) is 28.4 Å². The summed E-state index contributed by atoms with van der Waals surface area (Å²) in [6.07, 6.45) is 2.54. The third-order valence-corrected chi connectivity index (χ3v) is 5.07. The molecule has 1 saturated heterocycles. The van der Waals surface area contributed by atoms with E-state index in [1.807, 2.05) is 5.06 Å². The number of hydrogen-bond acceptors (Lipinski definition) is 7. The second-order valence-electron chi connectivity index (χ2n) is 7.02. The summed E-state index contributed by atoms with van der Waals surface area (Å²) in [5, 5.41) is 1.89. The molecular weight excluding hydrogens is 386 g/mol. The van der Waals surface area contributed by atoms with Crippen molar-refractivity contribution < 1.29 is 28.6 Å². The Balaban J connectivity index is 1.82. The van der Waals surface area contributed by atoms with Crippen molar-refractivity contribution in [1.29, 1.82) is 0 Å². The Morgan fingerprint density at radius 1 is 0.867 bits per heavy atom. The minimum Gasteiger partial charge on any atom is -0.497 e. The highest BCUT2D eigenvalue weighted by Gasteiger charge is 2.25. The highest BCUT2D eigenvalue weighted by molar-refractivity contribution is 6.00. The van der Waals surface area contributed by atoms with Crippen LogP contribution in [0.15, 0.2) is 42.5 Å². The van der Waals surface area contributed by atoms with Gasteiger partial charge in [-0.3, -0.25) is 9.63 Å². The van der Waals surface area contributed by atoms with Crippen molar-refractivity contribution in [2.75, 3.05) is 41.2 Å². The Morgan fingerprint density at radius 2 is 1.47 bits per heavy atom. The van der Waals surface area contributed by atoms with Gasteiger partial charge >= 0.3 is 0 Å². The average molecular weight is 415 g/mol. The van der Waals surface area contributed by atoms with Gasteiger partial charge in [0.05, 0.1) is 21.3 Å². The molecule has 0 N–H and O–H groups in total. The maximum absolute atomic E-state index is 13.3. The van der Waals surface area contributed by atoms with E-state index in [4.69, 9.17) is 23.8 Å². The number of ether oxygens (including phenoxy) is 4. The number of methoxy groups -OCH3 is 3. The standard InChI is InChI=1S/C23H29NO6/c1-26-19-9-7-17(8-10-19)22(25)23(29-16-30-24-11-5-4-6-12-24)18-13-20(27-2)15-21(14-18)28-3/h7-10,13-15,23H,4-6,11-12,16H2,1-3H3. The Labute approximate surface area is 177 Å². The maximum atomic E-state index is 13.3. The van der Waals surface area contributed by atoms with Gasteiger partial charge in [-0.2, -0.15) is 5.06 Å². The lowest BCUT2D eigenvalue weighted by atomic mass is 9.99. The zero-order chi connectivity index (χ0) is 21.3. The van der Waals surface area contributed by atoms with Gasteiger partial charge in [-0.1, -0.05) is 6.42 Å². The molecule has 3 rings (SSSR count). The first-order chi connectivity index (χ1) is 14.6. The number of benzene rings is 2. The second kappa shape index (κ2) is 11.0. The van der Waals surface area contributed by atoms with E-state index in [2.05, 4.69) is 0 Å². The third-order valence-electron chi connectivity index (χ3n) is 5.07. The third kappa shape index (κ3) is 5.72. The van der Waals surface area contributed by atoms with Crippen LogP contribution >= 0.6 is 0 Å². The van der Waals surface area contributed by atoms with Crippen molar-refractivity contribution in [1.82, 2.24) is 5.06 Å². The molecule has 0 aliphatic carbocycles. The number of hydroxylamine groups is 2. The number of nitrogens with zero attached hydrogens (tertiary/aromatic N) is 1. The molecule has 2 aromatic rings. The molecule has 7 heteroatoms. The largest absolute Gasteiger partial charge is 0.497 e. The van der Waals surface area contributed by atoms with Crippen LogP contribution in [0.2, 0.25) is 0 Å². The lowest BCUT2D eigenvalue weighted by Gasteiger charge is -2.26. The normalized spacial score (nSPS) is 15.4. The van der Waals surface area contributed by atoms with Gasteiger partial charge in [-0.25, -0.2) is 0 Å². The van der Waals surface area contributed by atoms with Crippen molar-refractivity contribution in [2.45, 2.75) is 25.4 Å². The maximum Gasteiger partial charge on any atom is 0.196 e. The summed E-state index contributed by atoms with van der Waals surface area (Å²) in [7, 11) is 4.72. The quantitative estimate of drug-likeness (QED) is 0.429. The number of Topliss-reactive ketones (excluding diaryl/α,β-unsaturated/α-hetero) is 1. The molecule has 0 bridgehead atoms. The first-order valence-corrected chi connectivity index (χ1v) is 10.1. The summed E-state index contributed by atoms with van der Waals surface area (Å²) in [5.74, 6) is 1.66. The zero-order valence-electron chi connectivity index (χ0n) is 17.8. The first kappa shape index (κ1) is 22.1. The van der Waals surface area contributed by atoms with Gasteiger partial charge in [-0.05, 0) is 54.8 Å². The predicted molar refractivity (Wildman–Crippen MR) is 112 cm³/mol. The van der Waals surface area contributed by atoms with E-state index < -0.39 is 6.10 Å².